The minimum absolute atomic E-state index is 0.0654. The van der Waals surface area contributed by atoms with Crippen LogP contribution in [0, 0.1) is 5.92 Å². The third kappa shape index (κ3) is 4.86. The fourth-order valence-electron chi connectivity index (χ4n) is 6.69. The second-order valence-corrected chi connectivity index (χ2v) is 11.4. The van der Waals surface area contributed by atoms with Gasteiger partial charge in [-0.15, -0.1) is 0 Å². The molecule has 2 aromatic heterocycles. The van der Waals surface area contributed by atoms with Crippen molar-refractivity contribution >= 4 is 27.8 Å². The predicted octanol–water partition coefficient (Wildman–Crippen LogP) is 4.36. The molecule has 1 aliphatic rings. The van der Waals surface area contributed by atoms with Crippen molar-refractivity contribution in [2.24, 2.45) is 20.0 Å². The molecule has 1 saturated carbocycles. The van der Waals surface area contributed by atoms with Gasteiger partial charge in [-0.1, -0.05) is 85.6 Å². The number of nitrogens with one attached hydrogen (secondary N) is 1. The third-order valence-electron chi connectivity index (χ3n) is 8.89. The zero-order valence-corrected chi connectivity index (χ0v) is 24.0. The average Bonchev–Trinajstić information content (AvgIpc) is 3.66. The molecule has 2 N–H and O–H groups in total. The monoisotopic (exact) mass is 564 g/mol. The summed E-state index contributed by atoms with van der Waals surface area (Å²) in [6.07, 6.45) is 4.22. The SMILES string of the molecule is Cn1c(=O)c2c(c3ccccc3n2Cc2ccc(C(C(=O)NC(CO)c3ccccc3)C3CCCC3)cc2)n(C)c1=O. The molecule has 216 valence electrons. The Bertz CT molecular complexity index is 1860. The number of carbonyl (C=O) groups is 1. The number of hydrogen-bond donors (Lipinski definition) is 2. The Hall–Kier alpha value is -4.43. The van der Waals surface area contributed by atoms with Gasteiger partial charge in [-0.3, -0.25) is 18.7 Å². The lowest BCUT2D eigenvalue weighted by Gasteiger charge is -2.26. The van der Waals surface area contributed by atoms with E-state index in [1.54, 1.807) is 11.6 Å². The second-order valence-electron chi connectivity index (χ2n) is 11.4. The van der Waals surface area contributed by atoms with Gasteiger partial charge in [-0.25, -0.2) is 4.79 Å². The van der Waals surface area contributed by atoms with Crippen LogP contribution >= 0.6 is 0 Å². The van der Waals surface area contributed by atoms with Crippen LogP contribution in [-0.2, 0) is 25.4 Å². The second kappa shape index (κ2) is 11.4. The first-order valence-corrected chi connectivity index (χ1v) is 14.6. The highest BCUT2D eigenvalue weighted by atomic mass is 16.3. The van der Waals surface area contributed by atoms with Crippen LogP contribution in [0.2, 0.25) is 0 Å². The lowest BCUT2D eigenvalue weighted by molar-refractivity contribution is -0.124. The van der Waals surface area contributed by atoms with Crippen LogP contribution in [0.4, 0.5) is 0 Å². The summed E-state index contributed by atoms with van der Waals surface area (Å²) in [6.45, 7) is 0.272. The lowest BCUT2D eigenvalue weighted by atomic mass is 9.83. The first kappa shape index (κ1) is 27.7. The number of aliphatic hydroxyl groups excluding tert-OH is 1. The number of nitrogens with zero attached hydrogens (tertiary/aromatic N) is 3. The van der Waals surface area contributed by atoms with Crippen molar-refractivity contribution in [3.63, 3.8) is 0 Å². The summed E-state index contributed by atoms with van der Waals surface area (Å²) in [6, 6.07) is 25.0. The van der Waals surface area contributed by atoms with E-state index < -0.39 is 6.04 Å². The van der Waals surface area contributed by atoms with Gasteiger partial charge in [0.15, 0.2) is 0 Å². The van der Waals surface area contributed by atoms with Gasteiger partial charge in [0.25, 0.3) is 5.56 Å². The molecule has 0 bridgehead atoms. The highest BCUT2D eigenvalue weighted by Gasteiger charge is 2.33. The molecular formula is C34H36N4O4. The Morgan fingerprint density at radius 3 is 2.21 bits per heavy atom. The standard InChI is InChI=1S/C34H36N4O4/c1-36-30-26-14-8-9-15-28(26)38(31(30)33(41)37(2)34(36)42)20-22-16-18-25(19-17-22)29(24-12-6-7-13-24)32(40)35-27(21-39)23-10-4-3-5-11-23/h3-5,8-11,14-19,24,27,29,39H,6-7,12-13,20-21H2,1-2H3,(H,35,40). The maximum Gasteiger partial charge on any atom is 0.331 e. The summed E-state index contributed by atoms with van der Waals surface area (Å²) >= 11 is 0. The molecule has 5 aromatic rings. The number of aliphatic hydroxyl groups is 1. The van der Waals surface area contributed by atoms with Crippen molar-refractivity contribution in [2.75, 3.05) is 6.61 Å². The zero-order chi connectivity index (χ0) is 29.4. The molecule has 3 aromatic carbocycles. The van der Waals surface area contributed by atoms with Gasteiger partial charge in [0, 0.05) is 26.0 Å². The van der Waals surface area contributed by atoms with Gasteiger partial charge in [0.2, 0.25) is 5.91 Å². The molecule has 42 heavy (non-hydrogen) atoms. The summed E-state index contributed by atoms with van der Waals surface area (Å²) < 4.78 is 4.67. The maximum atomic E-state index is 13.7. The minimum atomic E-state index is -0.462. The molecule has 2 atom stereocenters. The molecule has 8 heteroatoms. The Balaban J connectivity index is 1.34. The molecule has 1 amide bonds. The van der Waals surface area contributed by atoms with E-state index in [9.17, 15) is 19.5 Å². The minimum Gasteiger partial charge on any atom is -0.394 e. The zero-order valence-electron chi connectivity index (χ0n) is 24.0. The fourth-order valence-corrected chi connectivity index (χ4v) is 6.69. The summed E-state index contributed by atoms with van der Waals surface area (Å²) in [5.74, 6) is -0.133. The van der Waals surface area contributed by atoms with Gasteiger partial charge in [-0.05, 0) is 41.5 Å². The van der Waals surface area contributed by atoms with Gasteiger partial charge < -0.3 is 15.0 Å². The Morgan fingerprint density at radius 1 is 0.857 bits per heavy atom. The number of aromatic nitrogens is 3. The van der Waals surface area contributed by atoms with Crippen LogP contribution < -0.4 is 16.6 Å². The van der Waals surface area contributed by atoms with Crippen LogP contribution in [0.5, 0.6) is 0 Å². The normalized spacial score (nSPS) is 15.3. The number of carbonyl (C=O) groups excluding carboxylic acids is 1. The molecule has 0 radical (unpaired) electrons. The molecule has 0 saturated heterocycles. The Labute approximate surface area is 243 Å². The van der Waals surface area contributed by atoms with Crippen LogP contribution in [0.15, 0.2) is 88.5 Å². The van der Waals surface area contributed by atoms with Crippen molar-refractivity contribution in [1.29, 1.82) is 0 Å². The van der Waals surface area contributed by atoms with Crippen LogP contribution in [0.25, 0.3) is 21.9 Å². The smallest absolute Gasteiger partial charge is 0.331 e. The molecule has 0 aliphatic heterocycles. The Morgan fingerprint density at radius 2 is 1.52 bits per heavy atom. The van der Waals surface area contributed by atoms with E-state index in [2.05, 4.69) is 5.32 Å². The highest BCUT2D eigenvalue weighted by molar-refractivity contribution is 6.05. The largest absolute Gasteiger partial charge is 0.394 e. The van der Waals surface area contributed by atoms with Gasteiger partial charge in [0.1, 0.15) is 5.52 Å². The number of aryl methyl sites for hydroxylation is 1. The van der Waals surface area contributed by atoms with Crippen LogP contribution in [0.3, 0.4) is 0 Å². The third-order valence-corrected chi connectivity index (χ3v) is 8.89. The fraction of sp³-hybridized carbons (Fsp3) is 0.324. The summed E-state index contributed by atoms with van der Waals surface area (Å²) in [5, 5.41) is 14.0. The van der Waals surface area contributed by atoms with E-state index in [0.717, 1.165) is 57.8 Å². The van der Waals surface area contributed by atoms with Gasteiger partial charge >= 0.3 is 5.69 Å². The number of hydrogen-bond acceptors (Lipinski definition) is 4. The van der Waals surface area contributed by atoms with Crippen LogP contribution in [-0.4, -0.2) is 31.3 Å². The van der Waals surface area contributed by atoms with Crippen molar-refractivity contribution in [3.8, 4) is 0 Å². The molecule has 2 heterocycles. The molecule has 1 fully saturated rings. The molecule has 1 aliphatic carbocycles. The maximum absolute atomic E-state index is 13.7. The van der Waals surface area contributed by atoms with Gasteiger partial charge in [-0.2, -0.15) is 0 Å². The van der Waals surface area contributed by atoms with Crippen molar-refractivity contribution in [1.82, 2.24) is 19.0 Å². The summed E-state index contributed by atoms with van der Waals surface area (Å²) in [7, 11) is 3.21. The number of benzene rings is 3. The molecule has 2 unspecified atom stereocenters. The van der Waals surface area contributed by atoms with Crippen molar-refractivity contribution in [2.45, 2.75) is 44.2 Å². The van der Waals surface area contributed by atoms with E-state index >= 15 is 0 Å². The highest BCUT2D eigenvalue weighted by Crippen LogP contribution is 2.38. The van der Waals surface area contributed by atoms with E-state index in [4.69, 9.17) is 0 Å². The molecule has 8 nitrogen and oxygen atoms in total. The molecule has 6 rings (SSSR count). The average molecular weight is 565 g/mol. The first-order valence-electron chi connectivity index (χ1n) is 14.6. The van der Waals surface area contributed by atoms with E-state index in [0.29, 0.717) is 17.6 Å². The predicted molar refractivity (Wildman–Crippen MR) is 165 cm³/mol. The number of rotatable bonds is 8. The quantitative estimate of drug-likeness (QED) is 0.293. The number of para-hydroxylation sites is 1. The molecular weight excluding hydrogens is 528 g/mol. The van der Waals surface area contributed by atoms with Crippen LogP contribution in [0.1, 0.15) is 54.3 Å². The summed E-state index contributed by atoms with van der Waals surface area (Å²) in [4.78, 5) is 39.8. The number of amides is 1. The van der Waals surface area contributed by atoms with Crippen molar-refractivity contribution < 1.29 is 9.90 Å². The lowest BCUT2D eigenvalue weighted by Crippen LogP contribution is -2.37. The topological polar surface area (TPSA) is 98.3 Å². The number of fused-ring (bicyclic) bond motifs is 3. The van der Waals surface area contributed by atoms with E-state index in [1.165, 1.54) is 7.05 Å². The van der Waals surface area contributed by atoms with Crippen molar-refractivity contribution in [3.05, 3.63) is 116 Å². The summed E-state index contributed by atoms with van der Waals surface area (Å²) in [5.41, 5.74) is 4.14. The van der Waals surface area contributed by atoms with Gasteiger partial charge in [0.05, 0.1) is 29.6 Å². The van der Waals surface area contributed by atoms with E-state index in [1.807, 2.05) is 83.4 Å². The molecule has 0 spiro atoms. The Kier molecular flexibility index (Phi) is 7.56. The van der Waals surface area contributed by atoms with E-state index in [-0.39, 0.29) is 35.6 Å². The first-order chi connectivity index (χ1) is 20.4.